The Labute approximate surface area is 437 Å². The minimum Gasteiger partial charge on any atom is -0.478 e. The van der Waals surface area contributed by atoms with Crippen LogP contribution in [0.4, 0.5) is 44.0 Å². The maximum absolute atomic E-state index is 14.0. The Morgan fingerprint density at radius 2 is 0.956 bits per heavy atom. The molecule has 4 heterocycles. The van der Waals surface area contributed by atoms with E-state index < -0.39 is 42.1 Å². The molecule has 24 heteroatoms. The fourth-order valence-corrected chi connectivity index (χ4v) is 6.11. The van der Waals surface area contributed by atoms with Crippen LogP contribution in [0.3, 0.4) is 0 Å². The van der Waals surface area contributed by atoms with Gasteiger partial charge in [0.15, 0.2) is 0 Å². The monoisotopic (exact) mass is 1040 g/mol. The first-order valence-electron chi connectivity index (χ1n) is 19.8. The minimum absolute atomic E-state index is 0. The van der Waals surface area contributed by atoms with Crippen molar-refractivity contribution in [3.8, 4) is 33.8 Å². The molecule has 3 aromatic heterocycles. The molecule has 68 heavy (non-hydrogen) atoms. The predicted molar refractivity (Wildman–Crippen MR) is 244 cm³/mol. The van der Waals surface area contributed by atoms with Crippen molar-refractivity contribution in [2.24, 2.45) is 0 Å². The van der Waals surface area contributed by atoms with Crippen LogP contribution < -0.4 is 68.6 Å². The predicted octanol–water partition coefficient (Wildman–Crippen LogP) is 6.56. The summed E-state index contributed by atoms with van der Waals surface area (Å²) < 4.78 is 73.4. The van der Waals surface area contributed by atoms with Gasteiger partial charge in [-0.15, -0.1) is 12.6 Å². The van der Waals surface area contributed by atoms with Gasteiger partial charge in [-0.05, 0) is 78.0 Å². The maximum Gasteiger partial charge on any atom is 1.00 e. The van der Waals surface area contributed by atoms with Gasteiger partial charge < -0.3 is 40.4 Å². The number of carboxylic acids is 1. The average Bonchev–Trinajstić information content (AvgIpc) is 4.15. The van der Waals surface area contributed by atoms with Crippen LogP contribution in [-0.4, -0.2) is 73.8 Å². The summed E-state index contributed by atoms with van der Waals surface area (Å²) in [6, 6.07) is 12.0. The van der Waals surface area contributed by atoms with E-state index in [0.29, 0.717) is 50.2 Å². The Morgan fingerprint density at radius 1 is 0.632 bits per heavy atom. The summed E-state index contributed by atoms with van der Waals surface area (Å²) >= 11 is 3.16. The number of nitrogens with zero attached hydrogens (tertiary/aromatic N) is 6. The molecule has 0 spiro atoms. The topological polar surface area (TPSA) is 245 Å². The van der Waals surface area contributed by atoms with E-state index in [1.807, 2.05) is 0 Å². The Hall–Kier alpha value is -5.53. The third-order valence-corrected chi connectivity index (χ3v) is 10.3. The van der Waals surface area contributed by atoms with Crippen LogP contribution in [-0.2, 0) is 9.47 Å². The standard InChI is InChI=1S/C15H14FN3O2.C14H12FN3O2.C12H9BrFN3O2.C2H4BF2.CH4.FH.K/c1-21-15(20)10-5-4-9(6-11(10)16)13-14(17)18-7-12(19-13)8-2-3-8;15-10-5-8(3-4-9(10)14(19)20)12-13(16)17-6-11(18-12)7-1-2-7;1-19-12(18)7-3-2-6(4-8(7)14)10-11(15)16-5-9(13)17-10;4-3(5)1-2-3;;;/h4-8H,2-3H2,1H3,(H2,17,18);3-7H,1-2H2,(H2,16,17)(H,19,20);2-5H,1H3,(H2,15,16);1-2H2;1H4;1H;/q;;;-1;;;+1. The summed E-state index contributed by atoms with van der Waals surface area (Å²) in [4.78, 5) is 58.6. The van der Waals surface area contributed by atoms with Crippen LogP contribution in [0.2, 0.25) is 12.6 Å². The van der Waals surface area contributed by atoms with E-state index in [1.165, 1.54) is 62.9 Å². The third-order valence-electron chi connectivity index (χ3n) is 9.90. The number of nitrogens with two attached hydrogens (primary N) is 3. The van der Waals surface area contributed by atoms with Gasteiger partial charge in [0.1, 0.15) is 56.6 Å². The summed E-state index contributed by atoms with van der Waals surface area (Å²) in [5.74, 6) is -3.49. The van der Waals surface area contributed by atoms with Crippen LogP contribution in [0.5, 0.6) is 0 Å². The second kappa shape index (κ2) is 24.7. The molecule has 0 amide bonds. The van der Waals surface area contributed by atoms with Crippen molar-refractivity contribution in [2.75, 3.05) is 31.4 Å². The Balaban J connectivity index is 0.000000251. The number of anilines is 3. The number of benzene rings is 3. The van der Waals surface area contributed by atoms with Gasteiger partial charge in [0.05, 0.1) is 60.9 Å². The quantitative estimate of drug-likeness (QED) is 0.0717. The molecule has 354 valence electrons. The first kappa shape index (κ1) is 56.8. The van der Waals surface area contributed by atoms with E-state index in [2.05, 4.69) is 55.3 Å². The van der Waals surface area contributed by atoms with Crippen molar-refractivity contribution in [3.63, 3.8) is 0 Å². The van der Waals surface area contributed by atoms with E-state index >= 15 is 0 Å². The van der Waals surface area contributed by atoms with E-state index in [1.54, 1.807) is 18.5 Å². The molecule has 0 atom stereocenters. The number of carbonyl (C=O) groups excluding carboxylic acids is 2. The molecule has 1 aliphatic heterocycles. The zero-order valence-electron chi connectivity index (χ0n) is 36.0. The molecule has 7 N–H and O–H groups in total. The fraction of sp³-hybridized carbons (Fsp3) is 0.250. The van der Waals surface area contributed by atoms with E-state index in [9.17, 15) is 36.2 Å². The summed E-state index contributed by atoms with van der Waals surface area (Å²) in [6.07, 6.45) is 9.43. The molecule has 2 aliphatic carbocycles. The molecule has 0 radical (unpaired) electrons. The maximum atomic E-state index is 14.0. The van der Waals surface area contributed by atoms with Gasteiger partial charge >= 0.3 is 76.0 Å². The van der Waals surface area contributed by atoms with Crippen molar-refractivity contribution in [2.45, 2.75) is 57.6 Å². The van der Waals surface area contributed by atoms with Gasteiger partial charge in [0, 0.05) is 28.5 Å². The smallest absolute Gasteiger partial charge is 0.478 e. The molecule has 0 bridgehead atoms. The number of carbonyl (C=O) groups is 3. The van der Waals surface area contributed by atoms with Crippen LogP contribution >= 0.6 is 15.9 Å². The molecule has 1 saturated heterocycles. The van der Waals surface area contributed by atoms with Crippen molar-refractivity contribution < 1.29 is 107 Å². The van der Waals surface area contributed by atoms with Crippen LogP contribution in [0.1, 0.15) is 87.4 Å². The Kier molecular flexibility index (Phi) is 20.6. The molecule has 3 aromatic carbocycles. The number of esters is 2. The van der Waals surface area contributed by atoms with Crippen LogP contribution in [0.15, 0.2) is 77.8 Å². The van der Waals surface area contributed by atoms with Gasteiger partial charge in [-0.25, -0.2) is 57.5 Å². The first-order chi connectivity index (χ1) is 30.9. The van der Waals surface area contributed by atoms with Gasteiger partial charge in [-0.3, -0.25) is 4.70 Å². The Bertz CT molecular complexity index is 2790. The molecule has 3 aliphatic rings. The number of ether oxygens (including phenoxy) is 2. The van der Waals surface area contributed by atoms with Crippen LogP contribution in [0.25, 0.3) is 33.8 Å². The van der Waals surface area contributed by atoms with Gasteiger partial charge in [-0.2, -0.15) is 0 Å². The summed E-state index contributed by atoms with van der Waals surface area (Å²) in [6.45, 7) is -2.75. The first-order valence-corrected chi connectivity index (χ1v) is 20.6. The molecule has 15 nitrogen and oxygen atoms in total. The van der Waals surface area contributed by atoms with E-state index in [0.717, 1.165) is 43.1 Å². The normalized spacial score (nSPS) is 13.6. The molecular formula is C44H44BBrF6KN9O6. The largest absolute Gasteiger partial charge is 1.00 e. The SMILES string of the molecule is C.COC(=O)c1ccc(-c2nc(Br)cnc2N)cc1F.COC(=O)c1ccc(-c2nc(C3CC3)cnc2N)cc1F.F.F[B-]1(F)CC1.Nc1ncc(C2CC2)nc1-c1ccc(C(=O)O)c(F)c1.[K+]. The molecule has 2 saturated carbocycles. The molecule has 6 aromatic rings. The number of carboxylic acid groups (broad SMARTS) is 1. The van der Waals surface area contributed by atoms with E-state index in [-0.39, 0.29) is 110 Å². The van der Waals surface area contributed by atoms with Crippen molar-refractivity contribution in [3.05, 3.63) is 123 Å². The molecular weight excluding hydrogens is 994 g/mol. The molecule has 9 rings (SSSR count). The number of methoxy groups -OCH3 is 2. The van der Waals surface area contributed by atoms with E-state index in [4.69, 9.17) is 22.3 Å². The second-order valence-electron chi connectivity index (χ2n) is 15.0. The molecule has 0 unspecified atom stereocenters. The summed E-state index contributed by atoms with van der Waals surface area (Å²) in [7, 11) is 2.39. The van der Waals surface area contributed by atoms with Crippen molar-refractivity contribution >= 4 is 58.0 Å². The van der Waals surface area contributed by atoms with Gasteiger partial charge in [0.2, 0.25) is 0 Å². The summed E-state index contributed by atoms with van der Waals surface area (Å²) in [5, 5.41) is 8.81. The number of aromatic carboxylic acids is 1. The zero-order valence-corrected chi connectivity index (χ0v) is 40.7. The molecule has 3 fully saturated rings. The average molecular weight is 1040 g/mol. The fourth-order valence-electron chi connectivity index (χ4n) is 5.83. The minimum atomic E-state index is -2.75. The number of nitrogen functional groups attached to an aromatic ring is 3. The third kappa shape index (κ3) is 15.0. The number of aromatic nitrogens is 6. The number of hydrogen-bond acceptors (Lipinski definition) is 14. The van der Waals surface area contributed by atoms with Crippen molar-refractivity contribution in [1.82, 2.24) is 29.9 Å². The summed E-state index contributed by atoms with van der Waals surface area (Å²) in [5.41, 5.74) is 20.9. The second-order valence-corrected chi connectivity index (χ2v) is 15.8. The Morgan fingerprint density at radius 3 is 1.25 bits per heavy atom. The number of hydrogen-bond donors (Lipinski definition) is 4. The van der Waals surface area contributed by atoms with Crippen LogP contribution in [0, 0.1) is 17.5 Å². The zero-order chi connectivity index (χ0) is 47.2. The number of halogens is 7. The van der Waals surface area contributed by atoms with Gasteiger partial charge in [-0.1, -0.05) is 25.6 Å². The van der Waals surface area contributed by atoms with Crippen molar-refractivity contribution in [1.29, 1.82) is 0 Å². The van der Waals surface area contributed by atoms with Gasteiger partial charge in [0.25, 0.3) is 0 Å². The number of rotatable bonds is 8.